The third-order valence-corrected chi connectivity index (χ3v) is 6.34. The van der Waals surface area contributed by atoms with Crippen LogP contribution in [0, 0.1) is 24.1 Å². The van der Waals surface area contributed by atoms with Crippen molar-refractivity contribution in [2.75, 3.05) is 19.8 Å². The molecule has 0 aliphatic rings. The molecule has 0 unspecified atom stereocenters. The van der Waals surface area contributed by atoms with E-state index in [1.165, 1.54) is 96.0 Å². The maximum absolute atomic E-state index is 14.1. The molecule has 0 radical (unpaired) electrons. The molecule has 0 spiro atoms. The van der Waals surface area contributed by atoms with E-state index in [1.807, 2.05) is 6.07 Å². The van der Waals surface area contributed by atoms with Crippen molar-refractivity contribution in [3.63, 3.8) is 0 Å². The minimum atomic E-state index is -0.622. The quantitative estimate of drug-likeness (QED) is 0.172. The van der Waals surface area contributed by atoms with E-state index in [2.05, 4.69) is 6.92 Å². The van der Waals surface area contributed by atoms with Crippen LogP contribution in [0.15, 0.2) is 12.1 Å². The molecule has 0 aliphatic heterocycles. The standard InChI is InChI=1S/C29H48FNO3/c1-3-4-5-6-7-8-9-10-11-12-13-14-15-16-17-18-19-33-24-27(23-32)34-29-20-25(2)26(22-31)21-28(29)30/h20-21,27,32H,3-19,23-24H2,1-2H3/t27-/m0/s1. The molecule has 34 heavy (non-hydrogen) atoms. The van der Waals surface area contributed by atoms with Gasteiger partial charge in [0.05, 0.1) is 24.8 Å². The van der Waals surface area contributed by atoms with Crippen LogP contribution in [-0.4, -0.2) is 31.0 Å². The zero-order chi connectivity index (χ0) is 24.9. The normalized spacial score (nSPS) is 12.0. The SMILES string of the molecule is CCCCCCCCCCCCCCCCCCOC[C@H](CO)Oc1cc(C)c(C#N)cc1F. The van der Waals surface area contributed by atoms with Crippen LogP contribution in [0.1, 0.15) is 121 Å². The summed E-state index contributed by atoms with van der Waals surface area (Å²) in [5, 5.41) is 18.5. The first kappa shape index (κ1) is 30.4. The molecule has 5 heteroatoms. The Morgan fingerprint density at radius 3 is 1.82 bits per heavy atom. The third-order valence-electron chi connectivity index (χ3n) is 6.34. The van der Waals surface area contributed by atoms with E-state index in [1.54, 1.807) is 6.92 Å². The smallest absolute Gasteiger partial charge is 0.166 e. The Morgan fingerprint density at radius 1 is 0.853 bits per heavy atom. The van der Waals surface area contributed by atoms with Gasteiger partial charge in [0.2, 0.25) is 0 Å². The molecule has 1 rings (SSSR count). The number of aliphatic hydroxyl groups is 1. The minimum Gasteiger partial charge on any atom is -0.483 e. The minimum absolute atomic E-state index is 0.0431. The van der Waals surface area contributed by atoms with E-state index in [4.69, 9.17) is 14.7 Å². The molecule has 0 heterocycles. The summed E-state index contributed by atoms with van der Waals surface area (Å²) in [6.07, 6.45) is 20.7. The zero-order valence-corrected chi connectivity index (χ0v) is 21.8. The van der Waals surface area contributed by atoms with Gasteiger partial charge in [0.15, 0.2) is 11.6 Å². The van der Waals surface area contributed by atoms with Gasteiger partial charge in [0, 0.05) is 6.61 Å². The fourth-order valence-electron chi connectivity index (χ4n) is 4.14. The number of unbranched alkanes of at least 4 members (excludes halogenated alkanes) is 15. The summed E-state index contributed by atoms with van der Waals surface area (Å²) in [4.78, 5) is 0. The number of rotatable bonds is 22. The summed E-state index contributed by atoms with van der Waals surface area (Å²) in [6, 6.07) is 4.60. The number of halogens is 1. The summed E-state index contributed by atoms with van der Waals surface area (Å²) in [5.41, 5.74) is 0.926. The van der Waals surface area contributed by atoms with Crippen LogP contribution in [0.3, 0.4) is 0 Å². The summed E-state index contributed by atoms with van der Waals surface area (Å²) < 4.78 is 25.3. The zero-order valence-electron chi connectivity index (χ0n) is 21.8. The van der Waals surface area contributed by atoms with E-state index in [9.17, 15) is 9.50 Å². The van der Waals surface area contributed by atoms with Crippen molar-refractivity contribution in [2.45, 2.75) is 123 Å². The third kappa shape index (κ3) is 14.6. The Bertz CT molecular complexity index is 674. The predicted molar refractivity (Wildman–Crippen MR) is 138 cm³/mol. The highest BCUT2D eigenvalue weighted by Crippen LogP contribution is 2.23. The largest absolute Gasteiger partial charge is 0.483 e. The van der Waals surface area contributed by atoms with Gasteiger partial charge in [-0.2, -0.15) is 5.26 Å². The second-order valence-electron chi connectivity index (χ2n) is 9.51. The average molecular weight is 478 g/mol. The van der Waals surface area contributed by atoms with Crippen molar-refractivity contribution in [3.05, 3.63) is 29.1 Å². The van der Waals surface area contributed by atoms with Crippen molar-refractivity contribution < 1.29 is 19.0 Å². The van der Waals surface area contributed by atoms with Gasteiger partial charge in [0.1, 0.15) is 6.10 Å². The molecular formula is C29H48FNO3. The van der Waals surface area contributed by atoms with Gasteiger partial charge in [-0.05, 0) is 31.0 Å². The van der Waals surface area contributed by atoms with Crippen LogP contribution in [0.25, 0.3) is 0 Å². The molecule has 1 aromatic rings. The van der Waals surface area contributed by atoms with Gasteiger partial charge in [-0.25, -0.2) is 4.39 Å². The number of aliphatic hydroxyl groups excluding tert-OH is 1. The predicted octanol–water partition coefficient (Wildman–Crippen LogP) is 8.02. The van der Waals surface area contributed by atoms with Crippen LogP contribution in [0.2, 0.25) is 0 Å². The topological polar surface area (TPSA) is 62.5 Å². The summed E-state index contributed by atoms with van der Waals surface area (Å²) >= 11 is 0. The first-order valence-electron chi connectivity index (χ1n) is 13.7. The number of nitriles is 1. The monoisotopic (exact) mass is 477 g/mol. The van der Waals surface area contributed by atoms with Crippen molar-refractivity contribution >= 4 is 0 Å². The molecule has 0 amide bonds. The molecule has 1 N–H and O–H groups in total. The number of aryl methyl sites for hydroxylation is 1. The van der Waals surface area contributed by atoms with Gasteiger partial charge in [-0.15, -0.1) is 0 Å². The Labute approximate surface area is 207 Å². The number of ether oxygens (including phenoxy) is 2. The molecule has 1 aromatic carbocycles. The average Bonchev–Trinajstić information content (AvgIpc) is 2.84. The van der Waals surface area contributed by atoms with Gasteiger partial charge < -0.3 is 14.6 Å². The van der Waals surface area contributed by atoms with Crippen LogP contribution >= 0.6 is 0 Å². The fourth-order valence-corrected chi connectivity index (χ4v) is 4.14. The van der Waals surface area contributed by atoms with Crippen molar-refractivity contribution in [3.8, 4) is 11.8 Å². The van der Waals surface area contributed by atoms with Crippen LogP contribution < -0.4 is 4.74 Å². The summed E-state index contributed by atoms with van der Waals surface area (Å²) in [6.45, 7) is 4.58. The molecule has 0 saturated carbocycles. The van der Waals surface area contributed by atoms with Gasteiger partial charge in [-0.3, -0.25) is 0 Å². The highest BCUT2D eigenvalue weighted by Gasteiger charge is 2.15. The molecule has 194 valence electrons. The first-order valence-corrected chi connectivity index (χ1v) is 13.7. The Hall–Kier alpha value is -1.64. The Balaban J connectivity index is 1.95. The van der Waals surface area contributed by atoms with Gasteiger partial charge >= 0.3 is 0 Å². The second-order valence-corrected chi connectivity index (χ2v) is 9.51. The lowest BCUT2D eigenvalue weighted by Gasteiger charge is -2.18. The second kappa shape index (κ2) is 20.7. The van der Waals surface area contributed by atoms with Crippen molar-refractivity contribution in [2.24, 2.45) is 0 Å². The Morgan fingerprint density at radius 2 is 1.35 bits per heavy atom. The van der Waals surface area contributed by atoms with E-state index < -0.39 is 11.9 Å². The van der Waals surface area contributed by atoms with Crippen LogP contribution in [0.4, 0.5) is 4.39 Å². The lowest BCUT2D eigenvalue weighted by atomic mass is 10.0. The fraction of sp³-hybridized carbons (Fsp3) is 0.759. The van der Waals surface area contributed by atoms with Crippen LogP contribution in [0.5, 0.6) is 5.75 Å². The molecule has 0 bridgehead atoms. The van der Waals surface area contributed by atoms with Gasteiger partial charge in [0.25, 0.3) is 0 Å². The summed E-state index contributed by atoms with van der Waals surface area (Å²) in [5.74, 6) is -0.556. The number of nitrogens with zero attached hydrogens (tertiary/aromatic N) is 1. The van der Waals surface area contributed by atoms with E-state index in [0.717, 1.165) is 18.9 Å². The molecule has 4 nitrogen and oxygen atoms in total. The van der Waals surface area contributed by atoms with E-state index in [-0.39, 0.29) is 24.5 Å². The summed E-state index contributed by atoms with van der Waals surface area (Å²) in [7, 11) is 0. The van der Waals surface area contributed by atoms with Gasteiger partial charge in [-0.1, -0.05) is 103 Å². The maximum atomic E-state index is 14.1. The Kier molecular flexibility index (Phi) is 18.5. The number of hydrogen-bond acceptors (Lipinski definition) is 4. The molecule has 1 atom stereocenters. The number of hydrogen-bond donors (Lipinski definition) is 1. The first-order chi connectivity index (χ1) is 16.6. The van der Waals surface area contributed by atoms with E-state index in [0.29, 0.717) is 12.2 Å². The van der Waals surface area contributed by atoms with Crippen molar-refractivity contribution in [1.29, 1.82) is 5.26 Å². The molecular weight excluding hydrogens is 429 g/mol. The highest BCUT2D eigenvalue weighted by atomic mass is 19.1. The molecule has 0 aromatic heterocycles. The molecule has 0 fully saturated rings. The highest BCUT2D eigenvalue weighted by molar-refractivity contribution is 5.42. The molecule has 0 saturated heterocycles. The lowest BCUT2D eigenvalue weighted by molar-refractivity contribution is 0.0171. The van der Waals surface area contributed by atoms with Crippen molar-refractivity contribution in [1.82, 2.24) is 0 Å². The van der Waals surface area contributed by atoms with E-state index >= 15 is 0 Å². The molecule has 0 aliphatic carbocycles. The lowest BCUT2D eigenvalue weighted by Crippen LogP contribution is -2.27. The maximum Gasteiger partial charge on any atom is 0.166 e. The number of benzene rings is 1. The van der Waals surface area contributed by atoms with Crippen LogP contribution in [-0.2, 0) is 4.74 Å².